The zero-order valence-electron chi connectivity index (χ0n) is 11.1. The van der Waals surface area contributed by atoms with E-state index in [0.717, 1.165) is 32.1 Å². The normalized spacial score (nSPS) is 25.4. The second kappa shape index (κ2) is 6.03. The molecule has 6 heteroatoms. The van der Waals surface area contributed by atoms with Gasteiger partial charge in [0.25, 0.3) is 0 Å². The van der Waals surface area contributed by atoms with Crippen molar-refractivity contribution >= 4 is 21.5 Å². The Hall–Kier alpha value is -0.910. The number of piperidine rings is 1. The zero-order valence-corrected chi connectivity index (χ0v) is 12.0. The van der Waals surface area contributed by atoms with E-state index in [1.54, 1.807) is 4.90 Å². The lowest BCUT2D eigenvalue weighted by atomic mass is 9.99. The molecule has 5 nitrogen and oxygen atoms in total. The summed E-state index contributed by atoms with van der Waals surface area (Å²) in [7, 11) is -3.62. The molecule has 0 bridgehead atoms. The Morgan fingerprint density at radius 3 is 2.42 bits per heavy atom. The largest absolute Gasteiger partial charge is 0.342 e. The van der Waals surface area contributed by atoms with Gasteiger partial charge in [0.2, 0.25) is 5.91 Å². The van der Waals surface area contributed by atoms with Crippen molar-refractivity contribution in [2.24, 2.45) is 0 Å². The average Bonchev–Trinajstić information content (AvgIpc) is 2.39. The van der Waals surface area contributed by atoms with Crippen LogP contribution in [0, 0.1) is 0 Å². The first-order chi connectivity index (χ1) is 9.00. The molecular weight excluding hydrogens is 266 g/mol. The summed E-state index contributed by atoms with van der Waals surface area (Å²) in [5, 5.41) is -0.935. The highest BCUT2D eigenvalue weighted by Gasteiger charge is 2.36. The van der Waals surface area contributed by atoms with Crippen LogP contribution in [0.3, 0.4) is 0 Å². The lowest BCUT2D eigenvalue weighted by Gasteiger charge is -2.27. The molecule has 2 aliphatic rings. The van der Waals surface area contributed by atoms with Crippen molar-refractivity contribution in [3.63, 3.8) is 0 Å². The van der Waals surface area contributed by atoms with Crippen LogP contribution in [0.5, 0.6) is 0 Å². The van der Waals surface area contributed by atoms with Crippen LogP contribution in [0.4, 0.5) is 0 Å². The van der Waals surface area contributed by atoms with Crippen LogP contribution in [0.15, 0.2) is 0 Å². The Balaban J connectivity index is 1.99. The number of rotatable bonds is 3. The second-order valence-corrected chi connectivity index (χ2v) is 7.63. The van der Waals surface area contributed by atoms with Crippen molar-refractivity contribution in [2.75, 3.05) is 18.8 Å². The Labute approximate surface area is 114 Å². The molecule has 1 atom stereocenters. The molecule has 1 amide bonds. The number of likely N-dealkylation sites (tertiary alicyclic amines) is 1. The minimum absolute atomic E-state index is 0.210. The van der Waals surface area contributed by atoms with Crippen LogP contribution in [-0.2, 0) is 19.4 Å². The monoisotopic (exact) mass is 287 g/mol. The number of nitrogens with zero attached hydrogens (tertiary/aromatic N) is 1. The third-order valence-corrected chi connectivity index (χ3v) is 5.98. The van der Waals surface area contributed by atoms with Gasteiger partial charge in [-0.15, -0.1) is 0 Å². The fourth-order valence-corrected chi connectivity index (χ4v) is 4.61. The van der Waals surface area contributed by atoms with Crippen LogP contribution in [0.25, 0.3) is 0 Å². The molecule has 1 saturated heterocycles. The van der Waals surface area contributed by atoms with Gasteiger partial charge in [-0.05, 0) is 32.1 Å². The zero-order chi connectivity index (χ0) is 13.9. The lowest BCUT2D eigenvalue weighted by molar-refractivity contribution is -0.129. The average molecular weight is 287 g/mol. The van der Waals surface area contributed by atoms with E-state index >= 15 is 0 Å². The molecule has 1 heterocycles. The molecule has 0 radical (unpaired) electrons. The van der Waals surface area contributed by atoms with Gasteiger partial charge in [-0.1, -0.05) is 6.42 Å². The number of carbonyl (C=O) groups is 2. The van der Waals surface area contributed by atoms with Crippen molar-refractivity contribution in [2.45, 2.75) is 50.2 Å². The summed E-state index contributed by atoms with van der Waals surface area (Å²) in [6.07, 6.45) is 5.22. The summed E-state index contributed by atoms with van der Waals surface area (Å²) in [5.41, 5.74) is 0. The minimum atomic E-state index is -3.62. The molecule has 0 aromatic rings. The first-order valence-electron chi connectivity index (χ1n) is 7.03. The number of sulfone groups is 1. The van der Waals surface area contributed by atoms with Crippen LogP contribution in [0.1, 0.15) is 44.9 Å². The van der Waals surface area contributed by atoms with Gasteiger partial charge in [-0.3, -0.25) is 9.59 Å². The molecule has 2 fully saturated rings. The minimum Gasteiger partial charge on any atom is -0.342 e. The maximum absolute atomic E-state index is 12.2. The van der Waals surface area contributed by atoms with Gasteiger partial charge >= 0.3 is 0 Å². The van der Waals surface area contributed by atoms with E-state index in [4.69, 9.17) is 0 Å². The maximum Gasteiger partial charge on any atom is 0.237 e. The molecule has 1 aliphatic carbocycles. The summed E-state index contributed by atoms with van der Waals surface area (Å²) < 4.78 is 24.4. The molecule has 19 heavy (non-hydrogen) atoms. The highest BCUT2D eigenvalue weighted by molar-refractivity contribution is 7.93. The van der Waals surface area contributed by atoms with Gasteiger partial charge in [0, 0.05) is 19.5 Å². The van der Waals surface area contributed by atoms with E-state index in [1.165, 1.54) is 0 Å². The smallest absolute Gasteiger partial charge is 0.237 e. The van der Waals surface area contributed by atoms with Gasteiger partial charge in [0.15, 0.2) is 15.6 Å². The summed E-state index contributed by atoms with van der Waals surface area (Å²) in [4.78, 5) is 25.3. The third-order valence-electron chi connectivity index (χ3n) is 3.97. The van der Waals surface area contributed by atoms with Crippen molar-refractivity contribution in [3.05, 3.63) is 0 Å². The Morgan fingerprint density at radius 1 is 1.11 bits per heavy atom. The predicted molar refractivity (Wildman–Crippen MR) is 71.5 cm³/mol. The van der Waals surface area contributed by atoms with Crippen LogP contribution >= 0.6 is 0 Å². The van der Waals surface area contributed by atoms with Gasteiger partial charge in [0.05, 0.1) is 0 Å². The van der Waals surface area contributed by atoms with Crippen LogP contribution in [-0.4, -0.2) is 49.1 Å². The van der Waals surface area contributed by atoms with Crippen molar-refractivity contribution in [1.82, 2.24) is 4.90 Å². The topological polar surface area (TPSA) is 71.5 Å². The Kier molecular flexibility index (Phi) is 4.60. The molecule has 0 aromatic carbocycles. The molecule has 1 unspecified atom stereocenters. The summed E-state index contributed by atoms with van der Waals surface area (Å²) >= 11 is 0. The van der Waals surface area contributed by atoms with Crippen LogP contribution < -0.4 is 0 Å². The number of Topliss-reactive ketones (excluding diaryl/α,β-unsaturated/α-hetero) is 1. The van der Waals surface area contributed by atoms with Crippen LogP contribution in [0.2, 0.25) is 0 Å². The molecule has 108 valence electrons. The standard InChI is InChI=1S/C13H21NO4S/c15-11-6-2-3-7-12(11)19(17,18)10-13(16)14-8-4-1-5-9-14/h12H,1-10H2. The van der Waals surface area contributed by atoms with Gasteiger partial charge < -0.3 is 4.90 Å². The van der Waals surface area contributed by atoms with Gasteiger partial charge in [0.1, 0.15) is 11.0 Å². The summed E-state index contributed by atoms with van der Waals surface area (Å²) in [6, 6.07) is 0. The first-order valence-corrected chi connectivity index (χ1v) is 8.74. The molecule has 2 rings (SSSR count). The van der Waals surface area contributed by atoms with Crippen molar-refractivity contribution < 1.29 is 18.0 Å². The highest BCUT2D eigenvalue weighted by Crippen LogP contribution is 2.22. The highest BCUT2D eigenvalue weighted by atomic mass is 32.2. The van der Waals surface area contributed by atoms with E-state index in [-0.39, 0.29) is 11.7 Å². The summed E-state index contributed by atoms with van der Waals surface area (Å²) in [6.45, 7) is 1.29. The SMILES string of the molecule is O=C1CCCCC1S(=O)(=O)CC(=O)N1CCCCC1. The number of amides is 1. The van der Waals surface area contributed by atoms with E-state index in [0.29, 0.717) is 25.9 Å². The molecule has 1 saturated carbocycles. The molecular formula is C13H21NO4S. The molecule has 0 spiro atoms. The number of hydrogen-bond acceptors (Lipinski definition) is 4. The quantitative estimate of drug-likeness (QED) is 0.774. The van der Waals surface area contributed by atoms with E-state index < -0.39 is 20.8 Å². The first kappa shape index (κ1) is 14.5. The third kappa shape index (κ3) is 3.55. The summed E-state index contributed by atoms with van der Waals surface area (Å²) in [5.74, 6) is -1.04. The predicted octanol–water partition coefficient (Wildman–Crippen LogP) is 0.925. The van der Waals surface area contributed by atoms with Gasteiger partial charge in [-0.25, -0.2) is 8.42 Å². The van der Waals surface area contributed by atoms with E-state index in [9.17, 15) is 18.0 Å². The molecule has 0 N–H and O–H groups in total. The number of carbonyl (C=O) groups excluding carboxylic acids is 2. The Bertz CT molecular complexity index is 451. The van der Waals surface area contributed by atoms with E-state index in [2.05, 4.69) is 0 Å². The van der Waals surface area contributed by atoms with Crippen molar-refractivity contribution in [1.29, 1.82) is 0 Å². The molecule has 0 aromatic heterocycles. The number of ketones is 1. The second-order valence-electron chi connectivity index (χ2n) is 5.45. The lowest BCUT2D eigenvalue weighted by Crippen LogP contribution is -2.43. The van der Waals surface area contributed by atoms with Gasteiger partial charge in [-0.2, -0.15) is 0 Å². The number of hydrogen-bond donors (Lipinski definition) is 0. The molecule has 1 aliphatic heterocycles. The fourth-order valence-electron chi connectivity index (χ4n) is 2.84. The van der Waals surface area contributed by atoms with Crippen molar-refractivity contribution in [3.8, 4) is 0 Å². The van der Waals surface area contributed by atoms with E-state index in [1.807, 2.05) is 0 Å². The maximum atomic E-state index is 12.2. The Morgan fingerprint density at radius 2 is 1.79 bits per heavy atom. The fraction of sp³-hybridized carbons (Fsp3) is 0.846.